The minimum absolute atomic E-state index is 0.0152. The Bertz CT molecular complexity index is 1120. The molecule has 1 heterocycles. The molecule has 3 aromatic rings. The molecule has 0 bridgehead atoms. The van der Waals surface area contributed by atoms with Crippen LogP contribution in [0, 0.1) is 12.7 Å². The van der Waals surface area contributed by atoms with Crippen molar-refractivity contribution in [1.29, 1.82) is 0 Å². The van der Waals surface area contributed by atoms with Crippen molar-refractivity contribution in [2.45, 2.75) is 18.4 Å². The number of benzene rings is 2. The summed E-state index contributed by atoms with van der Waals surface area (Å²) in [6.07, 6.45) is 0. The predicted octanol–water partition coefficient (Wildman–Crippen LogP) is 1.90. The van der Waals surface area contributed by atoms with Crippen molar-refractivity contribution in [2.75, 3.05) is 14.1 Å². The first kappa shape index (κ1) is 20.6. The summed E-state index contributed by atoms with van der Waals surface area (Å²) in [4.78, 5) is 16.7. The van der Waals surface area contributed by atoms with Gasteiger partial charge in [0.15, 0.2) is 0 Å². The summed E-state index contributed by atoms with van der Waals surface area (Å²) in [5, 5.41) is 6.87. The maximum Gasteiger partial charge on any atom is 0.291 e. The summed E-state index contributed by atoms with van der Waals surface area (Å²) in [5.41, 5.74) is 1.32. The Morgan fingerprint density at radius 2 is 1.72 bits per heavy atom. The zero-order chi connectivity index (χ0) is 21.2. The van der Waals surface area contributed by atoms with Gasteiger partial charge in [0.2, 0.25) is 15.8 Å². The molecule has 0 radical (unpaired) electrons. The summed E-state index contributed by atoms with van der Waals surface area (Å²) in [5.74, 6) is -0.369. The quantitative estimate of drug-likeness (QED) is 0.661. The largest absolute Gasteiger partial charge is 0.345 e. The summed E-state index contributed by atoms with van der Waals surface area (Å²) < 4.78 is 39.8. The van der Waals surface area contributed by atoms with E-state index >= 15 is 0 Å². The first-order valence-corrected chi connectivity index (χ1v) is 10.1. The van der Waals surface area contributed by atoms with Gasteiger partial charge < -0.3 is 5.32 Å². The third kappa shape index (κ3) is 4.49. The molecule has 29 heavy (non-hydrogen) atoms. The Labute approximate surface area is 168 Å². The van der Waals surface area contributed by atoms with Crippen molar-refractivity contribution < 1.29 is 17.6 Å². The van der Waals surface area contributed by atoms with E-state index in [-0.39, 0.29) is 23.1 Å². The van der Waals surface area contributed by atoms with Crippen LogP contribution >= 0.6 is 0 Å². The van der Waals surface area contributed by atoms with Gasteiger partial charge in [-0.15, -0.1) is 5.10 Å². The predicted molar refractivity (Wildman–Crippen MR) is 105 cm³/mol. The van der Waals surface area contributed by atoms with Crippen molar-refractivity contribution in [2.24, 2.45) is 0 Å². The lowest BCUT2D eigenvalue weighted by Gasteiger charge is -2.11. The molecular weight excluding hydrogens is 397 g/mol. The molecule has 3 rings (SSSR count). The van der Waals surface area contributed by atoms with Crippen LogP contribution in [0.15, 0.2) is 53.4 Å². The van der Waals surface area contributed by atoms with Gasteiger partial charge in [-0.25, -0.2) is 26.8 Å². The minimum atomic E-state index is -3.50. The highest BCUT2D eigenvalue weighted by atomic mass is 32.2. The molecule has 1 amide bonds. The van der Waals surface area contributed by atoms with Gasteiger partial charge in [-0.05, 0) is 48.9 Å². The van der Waals surface area contributed by atoms with Crippen LogP contribution in [-0.2, 0) is 16.6 Å². The van der Waals surface area contributed by atoms with Crippen LogP contribution in [0.1, 0.15) is 22.0 Å². The zero-order valence-electron chi connectivity index (χ0n) is 16.1. The average molecular weight is 417 g/mol. The number of aromatic nitrogens is 3. The lowest BCUT2D eigenvalue weighted by Crippen LogP contribution is -2.24. The van der Waals surface area contributed by atoms with E-state index < -0.39 is 15.9 Å². The van der Waals surface area contributed by atoms with Crippen LogP contribution in [0.25, 0.3) is 5.69 Å². The molecule has 0 aliphatic rings. The van der Waals surface area contributed by atoms with Gasteiger partial charge in [-0.3, -0.25) is 4.79 Å². The first-order chi connectivity index (χ1) is 13.7. The molecule has 0 aliphatic heterocycles. The molecule has 8 nitrogen and oxygen atoms in total. The Balaban J connectivity index is 1.68. The number of rotatable bonds is 6. The van der Waals surface area contributed by atoms with Crippen LogP contribution in [-0.4, -0.2) is 47.5 Å². The molecule has 0 fully saturated rings. The number of carbonyl (C=O) groups excluding carboxylic acids is 1. The number of hydrogen-bond donors (Lipinski definition) is 1. The van der Waals surface area contributed by atoms with E-state index in [0.29, 0.717) is 11.5 Å². The first-order valence-electron chi connectivity index (χ1n) is 8.68. The second-order valence-corrected chi connectivity index (χ2v) is 8.64. The second-order valence-electron chi connectivity index (χ2n) is 6.48. The molecule has 0 spiro atoms. The second kappa shape index (κ2) is 8.10. The maximum atomic E-state index is 13.1. The van der Waals surface area contributed by atoms with E-state index in [2.05, 4.69) is 15.4 Å². The van der Waals surface area contributed by atoms with Crippen LogP contribution in [0.2, 0.25) is 0 Å². The van der Waals surface area contributed by atoms with Gasteiger partial charge in [0, 0.05) is 20.6 Å². The van der Waals surface area contributed by atoms with Gasteiger partial charge in [0.1, 0.15) is 11.6 Å². The molecular formula is C19H20FN5O3S. The molecule has 0 saturated heterocycles. The van der Waals surface area contributed by atoms with Crippen LogP contribution in [0.3, 0.4) is 0 Å². The van der Waals surface area contributed by atoms with E-state index in [1.807, 2.05) is 0 Å². The molecule has 0 unspecified atom stereocenters. The minimum Gasteiger partial charge on any atom is -0.345 e. The molecule has 1 N–H and O–H groups in total. The number of hydrogen-bond acceptors (Lipinski definition) is 5. The van der Waals surface area contributed by atoms with Gasteiger partial charge in [-0.2, -0.15) is 0 Å². The fourth-order valence-corrected chi connectivity index (χ4v) is 3.47. The fourth-order valence-electron chi connectivity index (χ4n) is 2.56. The summed E-state index contributed by atoms with van der Waals surface area (Å²) in [7, 11) is -0.576. The van der Waals surface area contributed by atoms with Crippen molar-refractivity contribution in [1.82, 2.24) is 24.4 Å². The summed E-state index contributed by atoms with van der Waals surface area (Å²) in [6, 6.07) is 11.9. The number of aryl methyl sites for hydroxylation is 1. The highest BCUT2D eigenvalue weighted by molar-refractivity contribution is 7.89. The van der Waals surface area contributed by atoms with Crippen LogP contribution in [0.4, 0.5) is 4.39 Å². The van der Waals surface area contributed by atoms with Crippen molar-refractivity contribution in [3.63, 3.8) is 0 Å². The molecule has 2 aromatic carbocycles. The average Bonchev–Trinajstić information content (AvgIpc) is 3.08. The smallest absolute Gasteiger partial charge is 0.291 e. The Hall–Kier alpha value is -3.11. The lowest BCUT2D eigenvalue weighted by atomic mass is 10.2. The van der Waals surface area contributed by atoms with Crippen LogP contribution in [0.5, 0.6) is 0 Å². The molecule has 152 valence electrons. The zero-order valence-corrected chi connectivity index (χ0v) is 16.9. The summed E-state index contributed by atoms with van der Waals surface area (Å²) in [6.45, 7) is 1.88. The van der Waals surface area contributed by atoms with E-state index in [1.165, 1.54) is 43.0 Å². The number of halogens is 1. The number of carbonyl (C=O) groups is 1. The van der Waals surface area contributed by atoms with Gasteiger partial charge in [-0.1, -0.05) is 12.1 Å². The molecule has 0 saturated carbocycles. The topological polar surface area (TPSA) is 97.2 Å². The number of nitrogens with one attached hydrogen (secondary N) is 1. The third-order valence-electron chi connectivity index (χ3n) is 4.20. The summed E-state index contributed by atoms with van der Waals surface area (Å²) >= 11 is 0. The van der Waals surface area contributed by atoms with Gasteiger partial charge in [0.25, 0.3) is 5.91 Å². The standard InChI is InChI=1S/C19H20FN5O3S/c1-13-22-18(23-25(13)16-8-6-15(20)7-9-16)19(26)21-12-14-4-10-17(11-5-14)29(27,28)24(2)3/h4-11H,12H2,1-3H3,(H,21,26). The van der Waals surface area contributed by atoms with E-state index in [4.69, 9.17) is 0 Å². The number of nitrogens with zero attached hydrogens (tertiary/aromatic N) is 4. The maximum absolute atomic E-state index is 13.1. The van der Waals surface area contributed by atoms with Crippen LogP contribution < -0.4 is 5.32 Å². The molecule has 0 atom stereocenters. The molecule has 0 aliphatic carbocycles. The highest BCUT2D eigenvalue weighted by Crippen LogP contribution is 2.14. The Kier molecular flexibility index (Phi) is 5.76. The molecule has 10 heteroatoms. The van der Waals surface area contributed by atoms with E-state index in [9.17, 15) is 17.6 Å². The highest BCUT2D eigenvalue weighted by Gasteiger charge is 2.17. The van der Waals surface area contributed by atoms with Crippen molar-refractivity contribution in [3.05, 3.63) is 71.6 Å². The monoisotopic (exact) mass is 417 g/mol. The van der Waals surface area contributed by atoms with Crippen molar-refractivity contribution >= 4 is 15.9 Å². The third-order valence-corrected chi connectivity index (χ3v) is 6.03. The van der Waals surface area contributed by atoms with Gasteiger partial charge in [0.05, 0.1) is 10.6 Å². The Morgan fingerprint density at radius 3 is 2.31 bits per heavy atom. The molecule has 1 aromatic heterocycles. The van der Waals surface area contributed by atoms with E-state index in [1.54, 1.807) is 31.2 Å². The SMILES string of the molecule is Cc1nc(C(=O)NCc2ccc(S(=O)(=O)N(C)C)cc2)nn1-c1ccc(F)cc1. The number of sulfonamides is 1. The lowest BCUT2D eigenvalue weighted by molar-refractivity contribution is 0.0940. The van der Waals surface area contributed by atoms with Gasteiger partial charge >= 0.3 is 0 Å². The number of amides is 1. The van der Waals surface area contributed by atoms with E-state index in [0.717, 1.165) is 9.87 Å². The fraction of sp³-hybridized carbons (Fsp3) is 0.211. The Morgan fingerprint density at radius 1 is 1.10 bits per heavy atom. The van der Waals surface area contributed by atoms with Crippen molar-refractivity contribution in [3.8, 4) is 5.69 Å². The normalized spacial score (nSPS) is 11.6.